The summed E-state index contributed by atoms with van der Waals surface area (Å²) in [5.41, 5.74) is -0.891. The van der Waals surface area contributed by atoms with Crippen molar-refractivity contribution < 1.29 is 18.7 Å². The Morgan fingerprint density at radius 3 is 2.71 bits per heavy atom. The first-order valence-corrected chi connectivity index (χ1v) is 7.46. The van der Waals surface area contributed by atoms with Gasteiger partial charge in [-0.1, -0.05) is 13.3 Å². The fraction of sp³-hybridized carbons (Fsp3) is 0.375. The van der Waals surface area contributed by atoms with Crippen LogP contribution in [0.4, 0.5) is 4.39 Å². The first kappa shape index (κ1) is 17.6. The Morgan fingerprint density at radius 2 is 2.17 bits per heavy atom. The maximum Gasteiger partial charge on any atom is 0.331 e. The minimum absolute atomic E-state index is 0.0996. The fourth-order valence-corrected chi connectivity index (χ4v) is 2.43. The number of methoxy groups -OCH3 is 1. The second-order valence-corrected chi connectivity index (χ2v) is 5.53. The molecule has 0 saturated carbocycles. The van der Waals surface area contributed by atoms with Gasteiger partial charge in [-0.15, -0.1) is 0 Å². The monoisotopic (exact) mass is 334 g/mol. The number of nitrogens with one attached hydrogen (secondary N) is 1. The highest BCUT2D eigenvalue weighted by Crippen LogP contribution is 2.18. The second-order valence-electron chi connectivity index (χ2n) is 5.53. The molecule has 0 bridgehead atoms. The summed E-state index contributed by atoms with van der Waals surface area (Å²) in [6.07, 6.45) is 3.72. The Balaban J connectivity index is 2.23. The van der Waals surface area contributed by atoms with E-state index in [4.69, 9.17) is 4.74 Å². The van der Waals surface area contributed by atoms with Gasteiger partial charge in [-0.2, -0.15) is 5.10 Å². The average molecular weight is 334 g/mol. The van der Waals surface area contributed by atoms with E-state index in [-0.39, 0.29) is 11.3 Å². The Morgan fingerprint density at radius 1 is 1.42 bits per heavy atom. The van der Waals surface area contributed by atoms with Gasteiger partial charge in [0.15, 0.2) is 0 Å². The van der Waals surface area contributed by atoms with Crippen molar-refractivity contribution >= 4 is 11.9 Å². The number of ether oxygens (including phenoxy) is 1. The van der Waals surface area contributed by atoms with Crippen LogP contribution in [0.25, 0.3) is 5.69 Å². The number of esters is 1. The van der Waals surface area contributed by atoms with Crippen LogP contribution in [-0.2, 0) is 9.53 Å². The van der Waals surface area contributed by atoms with Gasteiger partial charge in [-0.3, -0.25) is 4.79 Å². The standard InChI is InChI=1S/C16H19FN4O3/c1-4-7-16(2,15(23)24-3)20-14(22)11-5-6-13(12(17)8-11)21-10-18-9-19-21/h5-6,8-10H,4,7H2,1-3H3,(H,20,22)/t16-/m0/s1. The predicted octanol–water partition coefficient (Wildman–Crippen LogP) is 1.87. The lowest BCUT2D eigenvalue weighted by atomic mass is 9.95. The lowest BCUT2D eigenvalue weighted by molar-refractivity contribution is -0.147. The number of halogens is 1. The largest absolute Gasteiger partial charge is 0.467 e. The van der Waals surface area contributed by atoms with Gasteiger partial charge in [0.05, 0.1) is 7.11 Å². The SMILES string of the molecule is CCC[C@](C)(NC(=O)c1ccc(-n2cncn2)c(F)c1)C(=O)OC. The topological polar surface area (TPSA) is 86.1 Å². The summed E-state index contributed by atoms with van der Waals surface area (Å²) in [7, 11) is 1.26. The van der Waals surface area contributed by atoms with Gasteiger partial charge < -0.3 is 10.1 Å². The second kappa shape index (κ2) is 7.20. The lowest BCUT2D eigenvalue weighted by Crippen LogP contribution is -2.52. The lowest BCUT2D eigenvalue weighted by Gasteiger charge is -2.27. The van der Waals surface area contributed by atoms with Crippen LogP contribution in [0.1, 0.15) is 37.0 Å². The van der Waals surface area contributed by atoms with Crippen LogP contribution < -0.4 is 5.32 Å². The smallest absolute Gasteiger partial charge is 0.331 e. The first-order chi connectivity index (χ1) is 11.4. The third kappa shape index (κ3) is 3.58. The van der Waals surface area contributed by atoms with Crippen molar-refractivity contribution in [3.63, 3.8) is 0 Å². The van der Waals surface area contributed by atoms with Crippen LogP contribution in [-0.4, -0.2) is 39.3 Å². The normalized spacial score (nSPS) is 13.2. The Hall–Kier alpha value is -2.77. The summed E-state index contributed by atoms with van der Waals surface area (Å²) in [5, 5.41) is 6.47. The molecule has 2 rings (SSSR count). The molecule has 1 N–H and O–H groups in total. The molecular weight excluding hydrogens is 315 g/mol. The zero-order chi connectivity index (χ0) is 17.7. The van der Waals surface area contributed by atoms with Crippen molar-refractivity contribution in [1.82, 2.24) is 20.1 Å². The fourth-order valence-electron chi connectivity index (χ4n) is 2.43. The van der Waals surface area contributed by atoms with Gasteiger partial charge in [0.2, 0.25) is 0 Å². The van der Waals surface area contributed by atoms with Crippen LogP contribution >= 0.6 is 0 Å². The van der Waals surface area contributed by atoms with Crippen LogP contribution in [0, 0.1) is 5.82 Å². The van der Waals surface area contributed by atoms with Gasteiger partial charge in [0, 0.05) is 5.56 Å². The summed E-state index contributed by atoms with van der Waals surface area (Å²) in [6.45, 7) is 3.47. The molecule has 2 aromatic rings. The van der Waals surface area contributed by atoms with Crippen molar-refractivity contribution in [3.8, 4) is 5.69 Å². The molecule has 0 radical (unpaired) electrons. The van der Waals surface area contributed by atoms with E-state index in [0.29, 0.717) is 12.8 Å². The molecule has 0 aliphatic heterocycles. The van der Waals surface area contributed by atoms with E-state index in [0.717, 1.165) is 6.07 Å². The number of carbonyl (C=O) groups is 2. The molecule has 128 valence electrons. The molecule has 1 aromatic carbocycles. The maximum absolute atomic E-state index is 14.2. The van der Waals surface area contributed by atoms with E-state index in [2.05, 4.69) is 15.4 Å². The third-order valence-corrected chi connectivity index (χ3v) is 3.65. The zero-order valence-electron chi connectivity index (χ0n) is 13.7. The van der Waals surface area contributed by atoms with Crippen LogP contribution in [0.2, 0.25) is 0 Å². The molecule has 1 heterocycles. The molecule has 0 fully saturated rings. The molecule has 7 nitrogen and oxygen atoms in total. The van der Waals surface area contributed by atoms with Gasteiger partial charge >= 0.3 is 5.97 Å². The van der Waals surface area contributed by atoms with Crippen molar-refractivity contribution in [2.24, 2.45) is 0 Å². The molecular formula is C16H19FN4O3. The van der Waals surface area contributed by atoms with E-state index < -0.39 is 23.2 Å². The van der Waals surface area contributed by atoms with Crippen molar-refractivity contribution in [2.75, 3.05) is 7.11 Å². The average Bonchev–Trinajstić information content (AvgIpc) is 3.08. The Labute approximate surface area is 138 Å². The summed E-state index contributed by atoms with van der Waals surface area (Å²) < 4.78 is 20.2. The molecule has 1 atom stereocenters. The third-order valence-electron chi connectivity index (χ3n) is 3.65. The van der Waals surface area contributed by atoms with Crippen molar-refractivity contribution in [3.05, 3.63) is 42.2 Å². The molecule has 24 heavy (non-hydrogen) atoms. The number of hydrogen-bond acceptors (Lipinski definition) is 5. The summed E-state index contributed by atoms with van der Waals surface area (Å²) in [6, 6.07) is 3.98. The maximum atomic E-state index is 14.2. The highest BCUT2D eigenvalue weighted by atomic mass is 19.1. The first-order valence-electron chi connectivity index (χ1n) is 7.46. The number of amides is 1. The molecule has 1 amide bonds. The van der Waals surface area contributed by atoms with Crippen LogP contribution in [0.15, 0.2) is 30.9 Å². The minimum Gasteiger partial charge on any atom is -0.467 e. The molecule has 0 saturated heterocycles. The quantitative estimate of drug-likeness (QED) is 0.815. The van der Waals surface area contributed by atoms with Crippen molar-refractivity contribution in [1.29, 1.82) is 0 Å². The number of aromatic nitrogens is 3. The molecule has 8 heteroatoms. The molecule has 1 aromatic heterocycles. The number of rotatable bonds is 6. The highest BCUT2D eigenvalue weighted by molar-refractivity contribution is 5.98. The zero-order valence-corrected chi connectivity index (χ0v) is 13.7. The van der Waals surface area contributed by atoms with Crippen molar-refractivity contribution in [2.45, 2.75) is 32.2 Å². The van der Waals surface area contributed by atoms with Gasteiger partial charge in [-0.25, -0.2) is 18.9 Å². The predicted molar refractivity (Wildman–Crippen MR) is 84.1 cm³/mol. The minimum atomic E-state index is -1.17. The van der Waals surface area contributed by atoms with Gasteiger partial charge in [-0.05, 0) is 31.5 Å². The number of hydrogen-bond donors (Lipinski definition) is 1. The van der Waals surface area contributed by atoms with E-state index >= 15 is 0 Å². The van der Waals surface area contributed by atoms with E-state index in [1.165, 1.54) is 36.6 Å². The summed E-state index contributed by atoms with van der Waals surface area (Å²) in [5.74, 6) is -1.72. The van der Waals surface area contributed by atoms with Crippen LogP contribution in [0.5, 0.6) is 0 Å². The molecule has 0 aliphatic carbocycles. The summed E-state index contributed by atoms with van der Waals surface area (Å²) in [4.78, 5) is 28.1. The number of benzene rings is 1. The Kier molecular flexibility index (Phi) is 5.28. The van der Waals surface area contributed by atoms with E-state index in [1.54, 1.807) is 6.92 Å². The van der Waals surface area contributed by atoms with E-state index in [9.17, 15) is 14.0 Å². The Bertz CT molecular complexity index is 733. The molecule has 0 aliphatic rings. The number of nitrogens with zero attached hydrogens (tertiary/aromatic N) is 3. The van der Waals surface area contributed by atoms with Gasteiger partial charge in [0.1, 0.15) is 29.7 Å². The van der Waals surface area contributed by atoms with Crippen LogP contribution in [0.3, 0.4) is 0 Å². The molecule has 0 unspecified atom stereocenters. The highest BCUT2D eigenvalue weighted by Gasteiger charge is 2.35. The molecule has 0 spiro atoms. The summed E-state index contributed by atoms with van der Waals surface area (Å²) >= 11 is 0. The van der Waals surface area contributed by atoms with Gasteiger partial charge in [0.25, 0.3) is 5.91 Å². The van der Waals surface area contributed by atoms with E-state index in [1.807, 2.05) is 6.92 Å². The number of carbonyl (C=O) groups excluding carboxylic acids is 2.